The topological polar surface area (TPSA) is 26.2 Å². The van der Waals surface area contributed by atoms with Gasteiger partial charge in [-0.05, 0) is 51.8 Å². The predicted octanol–water partition coefficient (Wildman–Crippen LogP) is 3.42. The van der Waals surface area contributed by atoms with Crippen molar-refractivity contribution in [2.75, 3.05) is 13.7 Å². The van der Waals surface area contributed by atoms with Gasteiger partial charge < -0.3 is 14.6 Å². The first kappa shape index (κ1) is 14.2. The highest BCUT2D eigenvalue weighted by Gasteiger charge is 2.02. The number of halogens is 1. The molecule has 1 N–H and O–H groups in total. The van der Waals surface area contributed by atoms with Gasteiger partial charge in [-0.15, -0.1) is 0 Å². The van der Waals surface area contributed by atoms with Gasteiger partial charge in [-0.25, -0.2) is 0 Å². The first-order chi connectivity index (χ1) is 9.22. The summed E-state index contributed by atoms with van der Waals surface area (Å²) in [6.45, 7) is 4.91. The zero-order valence-electron chi connectivity index (χ0n) is 11.3. The fourth-order valence-electron chi connectivity index (χ4n) is 1.98. The van der Waals surface area contributed by atoms with Crippen LogP contribution in [0.3, 0.4) is 0 Å². The molecule has 3 nitrogen and oxygen atoms in total. The molecular formula is C15H19BrN2O. The van der Waals surface area contributed by atoms with Crippen LogP contribution in [0, 0.1) is 0 Å². The Morgan fingerprint density at radius 3 is 2.79 bits per heavy atom. The lowest BCUT2D eigenvalue weighted by Crippen LogP contribution is -2.11. The summed E-state index contributed by atoms with van der Waals surface area (Å²) in [5, 5.41) is 3.33. The monoisotopic (exact) mass is 322 g/mol. The maximum atomic E-state index is 5.24. The average molecular weight is 323 g/mol. The minimum atomic E-state index is 0.865. The molecule has 1 heterocycles. The largest absolute Gasteiger partial charge is 0.496 e. The van der Waals surface area contributed by atoms with E-state index >= 15 is 0 Å². The summed E-state index contributed by atoms with van der Waals surface area (Å²) in [5.74, 6) is 0.865. The second-order valence-electron chi connectivity index (χ2n) is 4.44. The highest BCUT2D eigenvalue weighted by molar-refractivity contribution is 9.10. The molecule has 0 radical (unpaired) electrons. The van der Waals surface area contributed by atoms with Crippen LogP contribution in [0.4, 0.5) is 0 Å². The van der Waals surface area contributed by atoms with Crippen molar-refractivity contribution >= 4 is 15.9 Å². The molecule has 0 saturated carbocycles. The Labute approximate surface area is 122 Å². The molecule has 0 bridgehead atoms. The summed E-state index contributed by atoms with van der Waals surface area (Å²) in [7, 11) is 1.68. The first-order valence-electron chi connectivity index (χ1n) is 6.40. The number of methoxy groups -OCH3 is 1. The van der Waals surface area contributed by atoms with Crippen molar-refractivity contribution in [3.8, 4) is 5.75 Å². The second kappa shape index (κ2) is 6.78. The van der Waals surface area contributed by atoms with Crippen molar-refractivity contribution in [1.82, 2.24) is 9.88 Å². The fraction of sp³-hybridized carbons (Fsp3) is 0.333. The van der Waals surface area contributed by atoms with Gasteiger partial charge in [0.2, 0.25) is 0 Å². The van der Waals surface area contributed by atoms with Crippen molar-refractivity contribution in [2.45, 2.75) is 20.0 Å². The van der Waals surface area contributed by atoms with Gasteiger partial charge in [-0.3, -0.25) is 0 Å². The quantitative estimate of drug-likeness (QED) is 0.882. The number of aromatic nitrogens is 1. The van der Waals surface area contributed by atoms with Crippen molar-refractivity contribution in [3.05, 3.63) is 52.3 Å². The Balaban J connectivity index is 2.04. The summed E-state index contributed by atoms with van der Waals surface area (Å²) in [6.07, 6.45) is 4.30. The van der Waals surface area contributed by atoms with Crippen LogP contribution in [0.1, 0.15) is 18.1 Å². The Morgan fingerprint density at radius 1 is 1.26 bits per heavy atom. The first-order valence-corrected chi connectivity index (χ1v) is 7.20. The van der Waals surface area contributed by atoms with Gasteiger partial charge in [0.25, 0.3) is 0 Å². The maximum Gasteiger partial charge on any atom is 0.133 e. The van der Waals surface area contributed by atoms with Crippen LogP contribution in [0.15, 0.2) is 41.1 Å². The lowest BCUT2D eigenvalue weighted by molar-refractivity contribution is 0.412. The van der Waals surface area contributed by atoms with E-state index in [0.29, 0.717) is 0 Å². The van der Waals surface area contributed by atoms with E-state index in [-0.39, 0.29) is 0 Å². The van der Waals surface area contributed by atoms with Crippen LogP contribution >= 0.6 is 15.9 Å². The van der Waals surface area contributed by atoms with E-state index in [1.54, 1.807) is 7.11 Å². The molecule has 19 heavy (non-hydrogen) atoms. The van der Waals surface area contributed by atoms with Gasteiger partial charge in [0.05, 0.1) is 11.6 Å². The number of hydrogen-bond acceptors (Lipinski definition) is 2. The summed E-state index contributed by atoms with van der Waals surface area (Å²) in [4.78, 5) is 0. The Bertz CT molecular complexity index is 537. The van der Waals surface area contributed by atoms with E-state index in [9.17, 15) is 0 Å². The zero-order valence-corrected chi connectivity index (χ0v) is 12.9. The molecule has 2 rings (SSSR count). The molecule has 1 aromatic heterocycles. The smallest absolute Gasteiger partial charge is 0.133 e. The molecule has 0 aliphatic heterocycles. The average Bonchev–Trinajstić information content (AvgIpc) is 2.84. The van der Waals surface area contributed by atoms with E-state index in [1.807, 2.05) is 6.07 Å². The van der Waals surface area contributed by atoms with Crippen LogP contribution in [-0.4, -0.2) is 18.2 Å². The molecule has 0 fully saturated rings. The molecular weight excluding hydrogens is 304 g/mol. The summed E-state index contributed by atoms with van der Waals surface area (Å²) in [6, 6.07) is 8.33. The van der Waals surface area contributed by atoms with E-state index in [4.69, 9.17) is 4.74 Å². The highest BCUT2D eigenvalue weighted by atomic mass is 79.9. The lowest BCUT2D eigenvalue weighted by Gasteiger charge is -2.07. The second-order valence-corrected chi connectivity index (χ2v) is 5.30. The standard InChI is InChI=1S/C15H19BrN2O/c1-3-17-9-13-6-7-18(11-13)10-12-4-5-15(19-2)14(16)8-12/h4-8,11,17H,3,9-10H2,1-2H3. The van der Waals surface area contributed by atoms with Crippen molar-refractivity contribution in [3.63, 3.8) is 0 Å². The number of nitrogens with one attached hydrogen (secondary N) is 1. The Hall–Kier alpha value is -1.26. The van der Waals surface area contributed by atoms with Gasteiger partial charge in [0.15, 0.2) is 0 Å². The molecule has 0 spiro atoms. The SMILES string of the molecule is CCNCc1ccn(Cc2ccc(OC)c(Br)c2)c1. The lowest BCUT2D eigenvalue weighted by atomic mass is 10.2. The van der Waals surface area contributed by atoms with E-state index < -0.39 is 0 Å². The molecule has 0 aliphatic rings. The third kappa shape index (κ3) is 3.85. The van der Waals surface area contributed by atoms with Crippen molar-refractivity contribution in [1.29, 1.82) is 0 Å². The van der Waals surface area contributed by atoms with Crippen molar-refractivity contribution < 1.29 is 4.74 Å². The zero-order chi connectivity index (χ0) is 13.7. The van der Waals surface area contributed by atoms with Crippen LogP contribution < -0.4 is 10.1 Å². The summed E-state index contributed by atoms with van der Waals surface area (Å²) in [5.41, 5.74) is 2.56. The maximum absolute atomic E-state index is 5.24. The van der Waals surface area contributed by atoms with Crippen LogP contribution in [0.5, 0.6) is 5.75 Å². The normalized spacial score (nSPS) is 10.7. The van der Waals surface area contributed by atoms with Gasteiger partial charge in [0.1, 0.15) is 5.75 Å². The van der Waals surface area contributed by atoms with E-state index in [0.717, 1.165) is 29.9 Å². The number of hydrogen-bond donors (Lipinski definition) is 1. The number of benzene rings is 1. The van der Waals surface area contributed by atoms with Crippen LogP contribution in [0.25, 0.3) is 0 Å². The minimum absolute atomic E-state index is 0.865. The third-order valence-electron chi connectivity index (χ3n) is 2.97. The number of ether oxygens (including phenoxy) is 1. The molecule has 1 aromatic carbocycles. The summed E-state index contributed by atoms with van der Waals surface area (Å²) < 4.78 is 8.43. The molecule has 0 amide bonds. The van der Waals surface area contributed by atoms with Gasteiger partial charge in [-0.1, -0.05) is 13.0 Å². The van der Waals surface area contributed by atoms with Gasteiger partial charge in [-0.2, -0.15) is 0 Å². The fourth-order valence-corrected chi connectivity index (χ4v) is 2.57. The third-order valence-corrected chi connectivity index (χ3v) is 3.59. The molecule has 4 heteroatoms. The molecule has 2 aromatic rings. The van der Waals surface area contributed by atoms with Crippen molar-refractivity contribution in [2.24, 2.45) is 0 Å². The summed E-state index contributed by atoms with van der Waals surface area (Å²) >= 11 is 3.52. The van der Waals surface area contributed by atoms with Gasteiger partial charge in [0, 0.05) is 25.5 Å². The Kier molecular flexibility index (Phi) is 5.05. The van der Waals surface area contributed by atoms with Gasteiger partial charge >= 0.3 is 0 Å². The minimum Gasteiger partial charge on any atom is -0.496 e. The molecule has 0 unspecified atom stereocenters. The number of nitrogens with zero attached hydrogens (tertiary/aromatic N) is 1. The van der Waals surface area contributed by atoms with Crippen LogP contribution in [0.2, 0.25) is 0 Å². The predicted molar refractivity (Wildman–Crippen MR) is 81.6 cm³/mol. The highest BCUT2D eigenvalue weighted by Crippen LogP contribution is 2.25. The number of rotatable bonds is 6. The molecule has 102 valence electrons. The molecule has 0 aliphatic carbocycles. The van der Waals surface area contributed by atoms with E-state index in [1.165, 1.54) is 11.1 Å². The Morgan fingerprint density at radius 2 is 2.11 bits per heavy atom. The molecule has 0 atom stereocenters. The van der Waals surface area contributed by atoms with E-state index in [2.05, 4.69) is 63.3 Å². The molecule has 0 saturated heterocycles. The van der Waals surface area contributed by atoms with Crippen LogP contribution in [-0.2, 0) is 13.1 Å².